The van der Waals surface area contributed by atoms with Crippen molar-refractivity contribution in [2.24, 2.45) is 0 Å². The van der Waals surface area contributed by atoms with Gasteiger partial charge in [0.15, 0.2) is 0 Å². The van der Waals surface area contributed by atoms with Gasteiger partial charge in [0.2, 0.25) is 0 Å². The number of hydrogen-bond acceptors (Lipinski definition) is 3. The van der Waals surface area contributed by atoms with Crippen LogP contribution in [0.2, 0.25) is 0 Å². The molecule has 0 aliphatic heterocycles. The van der Waals surface area contributed by atoms with E-state index in [1.165, 1.54) is 0 Å². The molecule has 0 atom stereocenters. The molecule has 1 amide bonds. The number of benzene rings is 2. The summed E-state index contributed by atoms with van der Waals surface area (Å²) in [7, 11) is 0. The molecule has 3 rings (SSSR count). The maximum atomic E-state index is 12.4. The van der Waals surface area contributed by atoms with Crippen LogP contribution >= 0.6 is 15.9 Å². The van der Waals surface area contributed by atoms with E-state index in [0.717, 1.165) is 21.3 Å². The standard InChI is InChI=1S/C20H18BrN3O/c1-14-5-2-3-6-16(14)13-23-20(25)15-9-10-22-19(11-15)24-18-8-4-7-17(21)12-18/h2-12H,13H2,1H3,(H,22,24)(H,23,25). The van der Waals surface area contributed by atoms with Crippen molar-refractivity contribution in [1.82, 2.24) is 10.3 Å². The number of carbonyl (C=O) groups excluding carboxylic acids is 1. The first kappa shape index (κ1) is 17.2. The minimum Gasteiger partial charge on any atom is -0.348 e. The van der Waals surface area contributed by atoms with Crippen LogP contribution in [-0.2, 0) is 6.54 Å². The highest BCUT2D eigenvalue weighted by atomic mass is 79.9. The number of rotatable bonds is 5. The van der Waals surface area contributed by atoms with Gasteiger partial charge in [0.1, 0.15) is 5.82 Å². The molecule has 0 spiro atoms. The normalized spacial score (nSPS) is 10.3. The molecule has 5 heteroatoms. The summed E-state index contributed by atoms with van der Waals surface area (Å²) in [6, 6.07) is 19.2. The second kappa shape index (κ2) is 7.94. The van der Waals surface area contributed by atoms with Gasteiger partial charge in [-0.1, -0.05) is 46.3 Å². The van der Waals surface area contributed by atoms with Gasteiger partial charge >= 0.3 is 0 Å². The van der Waals surface area contributed by atoms with Gasteiger partial charge in [0.25, 0.3) is 5.91 Å². The Morgan fingerprint density at radius 3 is 2.72 bits per heavy atom. The van der Waals surface area contributed by atoms with Gasteiger partial charge in [0.05, 0.1) is 0 Å². The van der Waals surface area contributed by atoms with Crippen LogP contribution in [0.15, 0.2) is 71.3 Å². The molecule has 0 bridgehead atoms. The molecule has 2 N–H and O–H groups in total. The highest BCUT2D eigenvalue weighted by Gasteiger charge is 2.08. The first-order valence-electron chi connectivity index (χ1n) is 7.93. The van der Waals surface area contributed by atoms with Gasteiger partial charge in [-0.2, -0.15) is 0 Å². The second-order valence-corrected chi connectivity index (χ2v) is 6.59. The lowest BCUT2D eigenvalue weighted by atomic mass is 10.1. The quantitative estimate of drug-likeness (QED) is 0.650. The zero-order chi connectivity index (χ0) is 17.6. The number of aromatic nitrogens is 1. The van der Waals surface area contributed by atoms with E-state index in [2.05, 4.69) is 31.5 Å². The predicted molar refractivity (Wildman–Crippen MR) is 104 cm³/mol. The van der Waals surface area contributed by atoms with Crippen molar-refractivity contribution in [1.29, 1.82) is 0 Å². The van der Waals surface area contributed by atoms with Gasteiger partial charge < -0.3 is 10.6 Å². The maximum Gasteiger partial charge on any atom is 0.251 e. The van der Waals surface area contributed by atoms with Crippen LogP contribution in [0.25, 0.3) is 0 Å². The summed E-state index contributed by atoms with van der Waals surface area (Å²) in [5.41, 5.74) is 3.74. The van der Waals surface area contributed by atoms with E-state index < -0.39 is 0 Å². The van der Waals surface area contributed by atoms with E-state index in [1.807, 2.05) is 55.5 Å². The first-order valence-corrected chi connectivity index (χ1v) is 8.72. The Balaban J connectivity index is 1.68. The molecule has 0 unspecified atom stereocenters. The number of carbonyl (C=O) groups is 1. The van der Waals surface area contributed by atoms with E-state index in [-0.39, 0.29) is 5.91 Å². The summed E-state index contributed by atoms with van der Waals surface area (Å²) in [6.45, 7) is 2.54. The zero-order valence-corrected chi connectivity index (χ0v) is 15.4. The molecule has 2 aromatic carbocycles. The van der Waals surface area contributed by atoms with E-state index in [0.29, 0.717) is 17.9 Å². The van der Waals surface area contributed by atoms with Crippen LogP contribution in [0.5, 0.6) is 0 Å². The SMILES string of the molecule is Cc1ccccc1CNC(=O)c1ccnc(Nc2cccc(Br)c2)c1. The molecule has 0 saturated heterocycles. The zero-order valence-electron chi connectivity index (χ0n) is 13.8. The molecule has 3 aromatic rings. The lowest BCUT2D eigenvalue weighted by molar-refractivity contribution is 0.0951. The lowest BCUT2D eigenvalue weighted by Gasteiger charge is -2.10. The third kappa shape index (κ3) is 4.67. The number of pyridine rings is 1. The van der Waals surface area contributed by atoms with Gasteiger partial charge in [-0.05, 0) is 48.4 Å². The summed E-state index contributed by atoms with van der Waals surface area (Å²) in [4.78, 5) is 16.7. The molecule has 0 radical (unpaired) electrons. The monoisotopic (exact) mass is 395 g/mol. The smallest absolute Gasteiger partial charge is 0.251 e. The number of aryl methyl sites for hydroxylation is 1. The minimum atomic E-state index is -0.122. The predicted octanol–water partition coefficient (Wildman–Crippen LogP) is 4.83. The van der Waals surface area contributed by atoms with E-state index in [4.69, 9.17) is 0 Å². The number of nitrogens with zero attached hydrogens (tertiary/aromatic N) is 1. The number of anilines is 2. The van der Waals surface area contributed by atoms with Crippen LogP contribution in [0.3, 0.4) is 0 Å². The lowest BCUT2D eigenvalue weighted by Crippen LogP contribution is -2.23. The molecule has 0 aliphatic carbocycles. The molecular formula is C20H18BrN3O. The Morgan fingerprint density at radius 1 is 1.08 bits per heavy atom. The largest absolute Gasteiger partial charge is 0.348 e. The molecular weight excluding hydrogens is 378 g/mol. The Labute approximate surface area is 155 Å². The molecule has 1 heterocycles. The Bertz CT molecular complexity index is 895. The minimum absolute atomic E-state index is 0.122. The number of halogens is 1. The van der Waals surface area contributed by atoms with Crippen molar-refractivity contribution in [2.75, 3.05) is 5.32 Å². The average Bonchev–Trinajstić information content (AvgIpc) is 2.61. The summed E-state index contributed by atoms with van der Waals surface area (Å²) >= 11 is 3.44. The Kier molecular flexibility index (Phi) is 5.46. The number of amides is 1. The van der Waals surface area contributed by atoms with Crippen LogP contribution < -0.4 is 10.6 Å². The van der Waals surface area contributed by atoms with Crippen LogP contribution in [0.4, 0.5) is 11.5 Å². The van der Waals surface area contributed by atoms with Crippen molar-refractivity contribution in [3.63, 3.8) is 0 Å². The molecule has 0 fully saturated rings. The van der Waals surface area contributed by atoms with Gasteiger partial charge in [-0.25, -0.2) is 4.98 Å². The fourth-order valence-electron chi connectivity index (χ4n) is 2.44. The first-order chi connectivity index (χ1) is 12.1. The fraction of sp³-hybridized carbons (Fsp3) is 0.100. The van der Waals surface area contributed by atoms with Crippen LogP contribution in [0.1, 0.15) is 21.5 Å². The Morgan fingerprint density at radius 2 is 1.92 bits per heavy atom. The molecule has 0 saturated carbocycles. The average molecular weight is 396 g/mol. The van der Waals surface area contributed by atoms with Crippen molar-refractivity contribution in [2.45, 2.75) is 13.5 Å². The fourth-order valence-corrected chi connectivity index (χ4v) is 2.84. The van der Waals surface area contributed by atoms with Gasteiger partial charge in [-0.3, -0.25) is 4.79 Å². The molecule has 25 heavy (non-hydrogen) atoms. The Hall–Kier alpha value is -2.66. The topological polar surface area (TPSA) is 54.0 Å². The molecule has 126 valence electrons. The van der Waals surface area contributed by atoms with Crippen molar-refractivity contribution < 1.29 is 4.79 Å². The van der Waals surface area contributed by atoms with E-state index in [9.17, 15) is 4.79 Å². The highest BCUT2D eigenvalue weighted by Crippen LogP contribution is 2.19. The molecule has 4 nitrogen and oxygen atoms in total. The van der Waals surface area contributed by atoms with Crippen LogP contribution in [-0.4, -0.2) is 10.9 Å². The summed E-state index contributed by atoms with van der Waals surface area (Å²) in [5, 5.41) is 6.16. The highest BCUT2D eigenvalue weighted by molar-refractivity contribution is 9.10. The van der Waals surface area contributed by atoms with Crippen LogP contribution in [0, 0.1) is 6.92 Å². The van der Waals surface area contributed by atoms with Gasteiger partial charge in [-0.15, -0.1) is 0 Å². The number of nitrogens with one attached hydrogen (secondary N) is 2. The molecule has 0 aliphatic rings. The second-order valence-electron chi connectivity index (χ2n) is 5.67. The van der Waals surface area contributed by atoms with E-state index >= 15 is 0 Å². The van der Waals surface area contributed by atoms with Crippen molar-refractivity contribution in [3.05, 3.63) is 88.0 Å². The maximum absolute atomic E-state index is 12.4. The summed E-state index contributed by atoms with van der Waals surface area (Å²) in [6.07, 6.45) is 1.63. The van der Waals surface area contributed by atoms with E-state index in [1.54, 1.807) is 18.3 Å². The van der Waals surface area contributed by atoms with Crippen molar-refractivity contribution >= 4 is 33.3 Å². The summed E-state index contributed by atoms with van der Waals surface area (Å²) in [5.74, 6) is 0.504. The van der Waals surface area contributed by atoms with Gasteiger partial charge in [0, 0.05) is 28.5 Å². The third-order valence-electron chi connectivity index (χ3n) is 3.82. The number of hydrogen-bond donors (Lipinski definition) is 2. The van der Waals surface area contributed by atoms with Crippen molar-refractivity contribution in [3.8, 4) is 0 Å². The molecule has 1 aromatic heterocycles. The summed E-state index contributed by atoms with van der Waals surface area (Å²) < 4.78 is 0.977. The third-order valence-corrected chi connectivity index (χ3v) is 4.31.